The summed E-state index contributed by atoms with van der Waals surface area (Å²) in [7, 11) is 0. The van der Waals surface area contributed by atoms with Crippen molar-refractivity contribution >= 4 is 0 Å². The van der Waals surface area contributed by atoms with Crippen LogP contribution in [0.4, 0.5) is 0 Å². The summed E-state index contributed by atoms with van der Waals surface area (Å²) in [6.45, 7) is 5.25. The second kappa shape index (κ2) is 5.46. The standard InChI is InChI=1S/C14H21NO/c1-2-14(16)13-8-9-15(11-13)10-12-6-4-3-5-7-12/h3-7,13-14,16H,2,8-11H2,1H3/t13?,14-/m1/s1. The van der Waals surface area contributed by atoms with Crippen LogP contribution < -0.4 is 0 Å². The molecule has 1 aliphatic rings. The summed E-state index contributed by atoms with van der Waals surface area (Å²) in [6.07, 6.45) is 1.91. The van der Waals surface area contributed by atoms with Crippen molar-refractivity contribution in [3.05, 3.63) is 35.9 Å². The van der Waals surface area contributed by atoms with E-state index in [-0.39, 0.29) is 6.10 Å². The van der Waals surface area contributed by atoms with Crippen LogP contribution in [-0.4, -0.2) is 29.2 Å². The molecule has 1 N–H and O–H groups in total. The van der Waals surface area contributed by atoms with E-state index in [0.717, 1.165) is 32.5 Å². The number of benzene rings is 1. The van der Waals surface area contributed by atoms with Gasteiger partial charge in [-0.3, -0.25) is 4.90 Å². The third-order valence-electron chi connectivity index (χ3n) is 3.52. The van der Waals surface area contributed by atoms with Crippen LogP contribution in [0.25, 0.3) is 0 Å². The molecule has 0 aliphatic carbocycles. The molecule has 1 aliphatic heterocycles. The van der Waals surface area contributed by atoms with E-state index in [2.05, 4.69) is 42.2 Å². The van der Waals surface area contributed by atoms with Gasteiger partial charge in [-0.25, -0.2) is 0 Å². The monoisotopic (exact) mass is 219 g/mol. The van der Waals surface area contributed by atoms with Crippen molar-refractivity contribution in [1.29, 1.82) is 0 Å². The van der Waals surface area contributed by atoms with Gasteiger partial charge in [0.15, 0.2) is 0 Å². The van der Waals surface area contributed by atoms with E-state index in [0.29, 0.717) is 5.92 Å². The normalized spacial score (nSPS) is 23.5. The third kappa shape index (κ3) is 2.83. The summed E-state index contributed by atoms with van der Waals surface area (Å²) >= 11 is 0. The molecule has 1 fully saturated rings. The quantitative estimate of drug-likeness (QED) is 0.839. The number of nitrogens with zero attached hydrogens (tertiary/aromatic N) is 1. The zero-order valence-corrected chi connectivity index (χ0v) is 9.97. The van der Waals surface area contributed by atoms with Gasteiger partial charge in [-0.05, 0) is 30.9 Å². The van der Waals surface area contributed by atoms with Crippen molar-refractivity contribution in [1.82, 2.24) is 4.90 Å². The van der Waals surface area contributed by atoms with E-state index >= 15 is 0 Å². The minimum Gasteiger partial charge on any atom is -0.393 e. The molecular weight excluding hydrogens is 198 g/mol. The molecule has 1 unspecified atom stereocenters. The molecule has 16 heavy (non-hydrogen) atoms. The Kier molecular flexibility index (Phi) is 3.97. The van der Waals surface area contributed by atoms with Crippen molar-refractivity contribution in [2.24, 2.45) is 5.92 Å². The molecule has 88 valence electrons. The molecule has 1 heterocycles. The Labute approximate surface area is 97.9 Å². The molecule has 2 atom stereocenters. The van der Waals surface area contributed by atoms with Crippen LogP contribution in [0.5, 0.6) is 0 Å². The number of hydrogen-bond donors (Lipinski definition) is 1. The maximum absolute atomic E-state index is 9.81. The maximum atomic E-state index is 9.81. The highest BCUT2D eigenvalue weighted by molar-refractivity contribution is 5.14. The minimum absolute atomic E-state index is 0.110. The SMILES string of the molecule is CC[C@@H](O)C1CCN(Cc2ccccc2)C1. The van der Waals surface area contributed by atoms with Crippen molar-refractivity contribution in [3.63, 3.8) is 0 Å². The second-order valence-electron chi connectivity index (χ2n) is 4.75. The van der Waals surface area contributed by atoms with Crippen LogP contribution in [0.3, 0.4) is 0 Å². The molecule has 0 bridgehead atoms. The topological polar surface area (TPSA) is 23.5 Å². The fraction of sp³-hybridized carbons (Fsp3) is 0.571. The largest absolute Gasteiger partial charge is 0.393 e. The smallest absolute Gasteiger partial charge is 0.0578 e. The maximum Gasteiger partial charge on any atom is 0.0578 e. The molecule has 2 rings (SSSR count). The summed E-state index contributed by atoms with van der Waals surface area (Å²) in [5.74, 6) is 0.480. The number of aliphatic hydroxyl groups is 1. The van der Waals surface area contributed by atoms with E-state index in [1.165, 1.54) is 5.56 Å². The summed E-state index contributed by atoms with van der Waals surface area (Å²) in [5, 5.41) is 9.81. The lowest BCUT2D eigenvalue weighted by molar-refractivity contribution is 0.106. The highest BCUT2D eigenvalue weighted by Crippen LogP contribution is 2.22. The van der Waals surface area contributed by atoms with Crippen molar-refractivity contribution in [2.75, 3.05) is 13.1 Å². The molecule has 0 aromatic heterocycles. The minimum atomic E-state index is -0.110. The van der Waals surface area contributed by atoms with Crippen LogP contribution in [-0.2, 0) is 6.54 Å². The van der Waals surface area contributed by atoms with Crippen molar-refractivity contribution in [2.45, 2.75) is 32.4 Å². The molecular formula is C14H21NO. The van der Waals surface area contributed by atoms with Gasteiger partial charge in [0.2, 0.25) is 0 Å². The number of hydrogen-bond acceptors (Lipinski definition) is 2. The Morgan fingerprint density at radius 3 is 2.81 bits per heavy atom. The molecule has 1 aromatic rings. The fourth-order valence-corrected chi connectivity index (χ4v) is 2.50. The van der Waals surface area contributed by atoms with Gasteiger partial charge in [0.05, 0.1) is 6.10 Å². The van der Waals surface area contributed by atoms with Crippen LogP contribution in [0, 0.1) is 5.92 Å². The first-order valence-electron chi connectivity index (χ1n) is 6.24. The first-order valence-corrected chi connectivity index (χ1v) is 6.24. The highest BCUT2D eigenvalue weighted by atomic mass is 16.3. The van der Waals surface area contributed by atoms with Crippen molar-refractivity contribution in [3.8, 4) is 0 Å². The number of rotatable bonds is 4. The first kappa shape index (κ1) is 11.6. The molecule has 1 aromatic carbocycles. The van der Waals surface area contributed by atoms with E-state index in [1.807, 2.05) is 0 Å². The van der Waals surface area contributed by atoms with E-state index in [1.54, 1.807) is 0 Å². The predicted octanol–water partition coefficient (Wildman–Crippen LogP) is 2.28. The summed E-state index contributed by atoms with van der Waals surface area (Å²) in [5.41, 5.74) is 1.37. The lowest BCUT2D eigenvalue weighted by Gasteiger charge is -2.18. The van der Waals surface area contributed by atoms with Gasteiger partial charge in [-0.15, -0.1) is 0 Å². The summed E-state index contributed by atoms with van der Waals surface area (Å²) < 4.78 is 0. The fourth-order valence-electron chi connectivity index (χ4n) is 2.50. The molecule has 0 radical (unpaired) electrons. The molecule has 2 heteroatoms. The van der Waals surface area contributed by atoms with E-state index < -0.39 is 0 Å². The van der Waals surface area contributed by atoms with Crippen LogP contribution in [0.1, 0.15) is 25.3 Å². The lowest BCUT2D eigenvalue weighted by Crippen LogP contribution is -2.25. The Hall–Kier alpha value is -0.860. The van der Waals surface area contributed by atoms with Crippen LogP contribution in [0.15, 0.2) is 30.3 Å². The van der Waals surface area contributed by atoms with E-state index in [4.69, 9.17) is 0 Å². The summed E-state index contributed by atoms with van der Waals surface area (Å²) in [4.78, 5) is 2.44. The first-order chi connectivity index (χ1) is 7.79. The van der Waals surface area contributed by atoms with E-state index in [9.17, 15) is 5.11 Å². The van der Waals surface area contributed by atoms with Crippen LogP contribution in [0.2, 0.25) is 0 Å². The van der Waals surface area contributed by atoms with Gasteiger partial charge >= 0.3 is 0 Å². The van der Waals surface area contributed by atoms with Crippen molar-refractivity contribution < 1.29 is 5.11 Å². The Morgan fingerprint density at radius 1 is 1.38 bits per heavy atom. The Bertz CT molecular complexity index is 312. The Morgan fingerprint density at radius 2 is 2.12 bits per heavy atom. The molecule has 0 spiro atoms. The second-order valence-corrected chi connectivity index (χ2v) is 4.75. The average Bonchev–Trinajstić information content (AvgIpc) is 2.78. The van der Waals surface area contributed by atoms with Gasteiger partial charge < -0.3 is 5.11 Å². The molecule has 0 amide bonds. The van der Waals surface area contributed by atoms with Gasteiger partial charge in [-0.1, -0.05) is 37.3 Å². The highest BCUT2D eigenvalue weighted by Gasteiger charge is 2.26. The van der Waals surface area contributed by atoms with Gasteiger partial charge in [-0.2, -0.15) is 0 Å². The van der Waals surface area contributed by atoms with Crippen LogP contribution >= 0.6 is 0 Å². The molecule has 1 saturated heterocycles. The third-order valence-corrected chi connectivity index (χ3v) is 3.52. The average molecular weight is 219 g/mol. The summed E-state index contributed by atoms with van der Waals surface area (Å²) in [6, 6.07) is 10.6. The zero-order valence-electron chi connectivity index (χ0n) is 9.97. The van der Waals surface area contributed by atoms with Gasteiger partial charge in [0.1, 0.15) is 0 Å². The predicted molar refractivity (Wildman–Crippen MR) is 66.1 cm³/mol. The molecule has 0 saturated carbocycles. The Balaban J connectivity index is 1.85. The number of aliphatic hydroxyl groups excluding tert-OH is 1. The molecule has 2 nitrogen and oxygen atoms in total. The van der Waals surface area contributed by atoms with Gasteiger partial charge in [0.25, 0.3) is 0 Å². The van der Waals surface area contributed by atoms with Gasteiger partial charge in [0, 0.05) is 13.1 Å². The number of likely N-dealkylation sites (tertiary alicyclic amines) is 1. The lowest BCUT2D eigenvalue weighted by atomic mass is 10.00. The zero-order chi connectivity index (χ0) is 11.4.